The van der Waals surface area contributed by atoms with Gasteiger partial charge in [0.25, 0.3) is 0 Å². The van der Waals surface area contributed by atoms with Gasteiger partial charge in [0.1, 0.15) is 11.5 Å². The minimum atomic E-state index is -0.922. The SMILES string of the molecule is Cc1cc(CC(C)N)ccc1Oc1ccc(F)c(F)c1. The summed E-state index contributed by atoms with van der Waals surface area (Å²) in [5.74, 6) is -0.925. The van der Waals surface area contributed by atoms with Crippen LogP contribution in [0.1, 0.15) is 18.1 Å². The van der Waals surface area contributed by atoms with Gasteiger partial charge in [-0.25, -0.2) is 8.78 Å². The van der Waals surface area contributed by atoms with Gasteiger partial charge >= 0.3 is 0 Å². The van der Waals surface area contributed by atoms with Crippen molar-refractivity contribution in [2.45, 2.75) is 26.3 Å². The second-order valence-electron chi connectivity index (χ2n) is 4.96. The fourth-order valence-corrected chi connectivity index (χ4v) is 1.99. The summed E-state index contributed by atoms with van der Waals surface area (Å²) < 4.78 is 31.5. The Balaban J connectivity index is 2.19. The second-order valence-corrected chi connectivity index (χ2v) is 4.96. The summed E-state index contributed by atoms with van der Waals surface area (Å²) in [5, 5.41) is 0. The van der Waals surface area contributed by atoms with Crippen LogP contribution in [-0.2, 0) is 6.42 Å². The van der Waals surface area contributed by atoms with E-state index in [4.69, 9.17) is 10.5 Å². The van der Waals surface area contributed by atoms with E-state index in [0.29, 0.717) is 5.75 Å². The van der Waals surface area contributed by atoms with Gasteiger partial charge in [-0.05, 0) is 49.6 Å². The monoisotopic (exact) mass is 277 g/mol. The van der Waals surface area contributed by atoms with E-state index in [1.807, 2.05) is 32.0 Å². The zero-order valence-corrected chi connectivity index (χ0v) is 11.5. The van der Waals surface area contributed by atoms with Crippen LogP contribution in [0.15, 0.2) is 36.4 Å². The maximum atomic E-state index is 13.1. The summed E-state index contributed by atoms with van der Waals surface area (Å²) in [6.45, 7) is 3.85. The van der Waals surface area contributed by atoms with Crippen molar-refractivity contribution in [2.75, 3.05) is 0 Å². The van der Waals surface area contributed by atoms with Crippen molar-refractivity contribution in [3.63, 3.8) is 0 Å². The largest absolute Gasteiger partial charge is 0.457 e. The third-order valence-electron chi connectivity index (χ3n) is 2.92. The highest BCUT2D eigenvalue weighted by molar-refractivity contribution is 5.40. The first-order chi connectivity index (χ1) is 9.45. The molecule has 2 rings (SSSR count). The average Bonchev–Trinajstić information content (AvgIpc) is 2.36. The lowest BCUT2D eigenvalue weighted by atomic mass is 10.0. The maximum Gasteiger partial charge on any atom is 0.162 e. The summed E-state index contributed by atoms with van der Waals surface area (Å²) in [7, 11) is 0. The lowest BCUT2D eigenvalue weighted by Crippen LogP contribution is -2.17. The molecule has 2 nitrogen and oxygen atoms in total. The van der Waals surface area contributed by atoms with E-state index in [-0.39, 0.29) is 11.8 Å². The summed E-state index contributed by atoms with van der Waals surface area (Å²) in [5.41, 5.74) is 7.80. The molecule has 0 aromatic heterocycles. The van der Waals surface area contributed by atoms with Gasteiger partial charge in [-0.3, -0.25) is 0 Å². The molecule has 2 aromatic carbocycles. The quantitative estimate of drug-likeness (QED) is 0.918. The van der Waals surface area contributed by atoms with Crippen molar-refractivity contribution in [2.24, 2.45) is 5.73 Å². The van der Waals surface area contributed by atoms with Gasteiger partial charge in [0.05, 0.1) is 0 Å². The van der Waals surface area contributed by atoms with Crippen molar-refractivity contribution < 1.29 is 13.5 Å². The van der Waals surface area contributed by atoms with Gasteiger partial charge in [-0.1, -0.05) is 12.1 Å². The highest BCUT2D eigenvalue weighted by Crippen LogP contribution is 2.27. The van der Waals surface area contributed by atoms with Crippen molar-refractivity contribution in [1.29, 1.82) is 0 Å². The first kappa shape index (κ1) is 14.5. The fourth-order valence-electron chi connectivity index (χ4n) is 1.99. The molecule has 106 valence electrons. The maximum absolute atomic E-state index is 13.1. The molecule has 0 amide bonds. The topological polar surface area (TPSA) is 35.2 Å². The van der Waals surface area contributed by atoms with Crippen LogP contribution in [0.2, 0.25) is 0 Å². The van der Waals surface area contributed by atoms with Crippen molar-refractivity contribution in [3.05, 3.63) is 59.2 Å². The highest BCUT2D eigenvalue weighted by atomic mass is 19.2. The molecule has 0 saturated heterocycles. The molecule has 0 aliphatic carbocycles. The van der Waals surface area contributed by atoms with Gasteiger partial charge in [-0.2, -0.15) is 0 Å². The molecule has 0 aliphatic heterocycles. The molecule has 4 heteroatoms. The molecule has 1 atom stereocenters. The van der Waals surface area contributed by atoms with E-state index in [2.05, 4.69) is 0 Å². The Morgan fingerprint density at radius 2 is 1.85 bits per heavy atom. The second kappa shape index (κ2) is 6.01. The lowest BCUT2D eigenvalue weighted by Gasteiger charge is -2.11. The average molecular weight is 277 g/mol. The summed E-state index contributed by atoms with van der Waals surface area (Å²) >= 11 is 0. The smallest absolute Gasteiger partial charge is 0.162 e. The predicted octanol–water partition coefficient (Wildman–Crippen LogP) is 3.96. The first-order valence-corrected chi connectivity index (χ1v) is 6.43. The van der Waals surface area contributed by atoms with Crippen LogP contribution in [0.25, 0.3) is 0 Å². The number of hydrogen-bond donors (Lipinski definition) is 1. The van der Waals surface area contributed by atoms with Crippen LogP contribution >= 0.6 is 0 Å². The Morgan fingerprint density at radius 3 is 2.45 bits per heavy atom. The van der Waals surface area contributed by atoms with E-state index in [1.54, 1.807) is 0 Å². The molecule has 0 radical (unpaired) electrons. The molecular formula is C16H17F2NO. The molecule has 1 unspecified atom stereocenters. The molecule has 0 bridgehead atoms. The zero-order chi connectivity index (χ0) is 14.7. The minimum Gasteiger partial charge on any atom is -0.457 e. The molecule has 0 fully saturated rings. The Kier molecular flexibility index (Phi) is 4.35. The number of aryl methyl sites for hydroxylation is 1. The van der Waals surface area contributed by atoms with E-state index in [9.17, 15) is 8.78 Å². The fraction of sp³-hybridized carbons (Fsp3) is 0.250. The van der Waals surface area contributed by atoms with Gasteiger partial charge < -0.3 is 10.5 Å². The van der Waals surface area contributed by atoms with Crippen LogP contribution in [-0.4, -0.2) is 6.04 Å². The van der Waals surface area contributed by atoms with Crippen molar-refractivity contribution in [3.8, 4) is 11.5 Å². The number of nitrogens with two attached hydrogens (primary N) is 1. The zero-order valence-electron chi connectivity index (χ0n) is 11.5. The van der Waals surface area contributed by atoms with Crippen LogP contribution in [0.4, 0.5) is 8.78 Å². The summed E-state index contributed by atoms with van der Waals surface area (Å²) in [6.07, 6.45) is 0.784. The molecule has 0 saturated carbocycles. The standard InChI is InChI=1S/C16H17F2NO/c1-10-7-12(8-11(2)19)3-6-16(10)20-13-4-5-14(17)15(18)9-13/h3-7,9,11H,8,19H2,1-2H3. The van der Waals surface area contributed by atoms with Crippen LogP contribution in [0.5, 0.6) is 11.5 Å². The number of benzene rings is 2. The summed E-state index contributed by atoms with van der Waals surface area (Å²) in [4.78, 5) is 0. The van der Waals surface area contributed by atoms with Crippen LogP contribution in [0, 0.1) is 18.6 Å². The molecular weight excluding hydrogens is 260 g/mol. The van der Waals surface area contributed by atoms with Gasteiger partial charge in [0.2, 0.25) is 0 Å². The molecule has 2 aromatic rings. The van der Waals surface area contributed by atoms with Gasteiger partial charge in [0.15, 0.2) is 11.6 Å². The van der Waals surface area contributed by atoms with E-state index < -0.39 is 11.6 Å². The van der Waals surface area contributed by atoms with E-state index in [0.717, 1.165) is 29.7 Å². The molecule has 0 aliphatic rings. The molecule has 2 N–H and O–H groups in total. The lowest BCUT2D eigenvalue weighted by molar-refractivity contribution is 0.459. The van der Waals surface area contributed by atoms with Crippen LogP contribution < -0.4 is 10.5 Å². The Hall–Kier alpha value is -1.94. The third-order valence-corrected chi connectivity index (χ3v) is 2.92. The third kappa shape index (κ3) is 3.54. The predicted molar refractivity (Wildman–Crippen MR) is 75.0 cm³/mol. The number of rotatable bonds is 4. The number of hydrogen-bond acceptors (Lipinski definition) is 2. The molecule has 0 spiro atoms. The summed E-state index contributed by atoms with van der Waals surface area (Å²) in [6, 6.07) is 9.29. The van der Waals surface area contributed by atoms with E-state index >= 15 is 0 Å². The Labute approximate surface area is 117 Å². The van der Waals surface area contributed by atoms with Gasteiger partial charge in [-0.15, -0.1) is 0 Å². The van der Waals surface area contributed by atoms with E-state index in [1.165, 1.54) is 6.07 Å². The van der Waals surface area contributed by atoms with Crippen molar-refractivity contribution >= 4 is 0 Å². The first-order valence-electron chi connectivity index (χ1n) is 6.43. The normalized spacial score (nSPS) is 12.2. The highest BCUT2D eigenvalue weighted by Gasteiger charge is 2.07. The molecule has 20 heavy (non-hydrogen) atoms. The Morgan fingerprint density at radius 1 is 1.10 bits per heavy atom. The van der Waals surface area contributed by atoms with Gasteiger partial charge in [0, 0.05) is 12.1 Å². The number of halogens is 2. The molecule has 0 heterocycles. The Bertz CT molecular complexity index is 611. The minimum absolute atomic E-state index is 0.0902. The van der Waals surface area contributed by atoms with Crippen LogP contribution in [0.3, 0.4) is 0 Å². The number of ether oxygens (including phenoxy) is 1. The van der Waals surface area contributed by atoms with Crippen molar-refractivity contribution in [1.82, 2.24) is 0 Å².